The summed E-state index contributed by atoms with van der Waals surface area (Å²) in [7, 11) is 0. The van der Waals surface area contributed by atoms with Gasteiger partial charge in [-0.15, -0.1) is 0 Å². The fraction of sp³-hybridized carbons (Fsp3) is 0.462. The fourth-order valence-electron chi connectivity index (χ4n) is 1.79. The van der Waals surface area contributed by atoms with Crippen LogP contribution in [0, 0.1) is 27.7 Å². The van der Waals surface area contributed by atoms with Crippen LogP contribution >= 0.6 is 15.9 Å². The first kappa shape index (κ1) is 12.4. The maximum atomic E-state index is 12.0. The molecule has 0 aromatic heterocycles. The Hall–Kier alpha value is -0.630. The summed E-state index contributed by atoms with van der Waals surface area (Å²) in [6.07, 6.45) is 0. The van der Waals surface area contributed by atoms with Crippen LogP contribution in [0.4, 0.5) is 0 Å². The molecule has 0 spiro atoms. The van der Waals surface area contributed by atoms with Crippen LogP contribution in [0.2, 0.25) is 0 Å². The van der Waals surface area contributed by atoms with E-state index < -0.39 is 0 Å². The maximum absolute atomic E-state index is 12.0. The number of hydrogen-bond donors (Lipinski definition) is 0. The first-order chi connectivity index (χ1) is 6.86. The minimum Gasteiger partial charge on any atom is -0.293 e. The number of benzene rings is 1. The Kier molecular flexibility index (Phi) is 3.72. The molecule has 0 heterocycles. The average molecular weight is 269 g/mol. The van der Waals surface area contributed by atoms with E-state index in [1.54, 1.807) is 0 Å². The van der Waals surface area contributed by atoms with Crippen molar-refractivity contribution in [3.8, 4) is 0 Å². The Bertz CT molecular complexity index is 379. The zero-order chi connectivity index (χ0) is 11.7. The number of alkyl halides is 1. The van der Waals surface area contributed by atoms with Crippen LogP contribution in [0.25, 0.3) is 0 Å². The lowest BCUT2D eigenvalue weighted by Gasteiger charge is -2.15. The molecule has 2 heteroatoms. The molecule has 0 fully saturated rings. The van der Waals surface area contributed by atoms with E-state index in [-0.39, 0.29) is 10.6 Å². The van der Waals surface area contributed by atoms with Crippen molar-refractivity contribution in [2.75, 3.05) is 0 Å². The number of Topliss-reactive ketones (excluding diaryl/α,β-unsaturated/α-hetero) is 1. The number of carbonyl (C=O) groups is 1. The van der Waals surface area contributed by atoms with Gasteiger partial charge in [0.1, 0.15) is 0 Å². The summed E-state index contributed by atoms with van der Waals surface area (Å²) in [4.78, 5) is 11.9. The van der Waals surface area contributed by atoms with Gasteiger partial charge in [-0.25, -0.2) is 0 Å². The number of ketones is 1. The normalized spacial score (nSPS) is 12.7. The molecule has 0 saturated heterocycles. The van der Waals surface area contributed by atoms with E-state index in [1.165, 1.54) is 11.1 Å². The highest BCUT2D eigenvalue weighted by atomic mass is 79.9. The predicted octanol–water partition coefficient (Wildman–Crippen LogP) is 3.89. The molecule has 15 heavy (non-hydrogen) atoms. The first-order valence-electron chi connectivity index (χ1n) is 5.12. The van der Waals surface area contributed by atoms with Gasteiger partial charge in [0.15, 0.2) is 5.78 Å². The van der Waals surface area contributed by atoms with Crippen molar-refractivity contribution in [3.05, 3.63) is 33.9 Å². The van der Waals surface area contributed by atoms with Gasteiger partial charge in [-0.2, -0.15) is 0 Å². The van der Waals surface area contributed by atoms with Gasteiger partial charge in [0, 0.05) is 5.56 Å². The zero-order valence-electron chi connectivity index (χ0n) is 9.94. The molecule has 0 aliphatic carbocycles. The molecule has 0 aliphatic rings. The molecule has 0 aliphatic heterocycles. The molecule has 1 nitrogen and oxygen atoms in total. The molecule has 1 rings (SSSR count). The lowest BCUT2D eigenvalue weighted by molar-refractivity contribution is 0.0994. The SMILES string of the molecule is Cc1cc(C)c(C)c(C(=O)C(C)Br)c1C. The van der Waals surface area contributed by atoms with Crippen molar-refractivity contribution < 1.29 is 4.79 Å². The van der Waals surface area contributed by atoms with Gasteiger partial charge >= 0.3 is 0 Å². The molecular weight excluding hydrogens is 252 g/mol. The van der Waals surface area contributed by atoms with Crippen LogP contribution < -0.4 is 0 Å². The summed E-state index contributed by atoms with van der Waals surface area (Å²) in [5.41, 5.74) is 5.48. The van der Waals surface area contributed by atoms with E-state index in [0.29, 0.717) is 0 Å². The molecule has 0 N–H and O–H groups in total. The number of rotatable bonds is 2. The van der Waals surface area contributed by atoms with E-state index in [2.05, 4.69) is 35.8 Å². The van der Waals surface area contributed by atoms with Gasteiger partial charge in [0.2, 0.25) is 0 Å². The summed E-state index contributed by atoms with van der Waals surface area (Å²) in [6, 6.07) is 2.14. The highest BCUT2D eigenvalue weighted by molar-refractivity contribution is 9.10. The van der Waals surface area contributed by atoms with Crippen molar-refractivity contribution in [1.82, 2.24) is 0 Å². The van der Waals surface area contributed by atoms with E-state index in [9.17, 15) is 4.79 Å². The van der Waals surface area contributed by atoms with Gasteiger partial charge in [0.25, 0.3) is 0 Å². The summed E-state index contributed by atoms with van der Waals surface area (Å²) >= 11 is 3.34. The van der Waals surface area contributed by atoms with Crippen molar-refractivity contribution >= 4 is 21.7 Å². The van der Waals surface area contributed by atoms with E-state index in [1.807, 2.05) is 20.8 Å². The standard InChI is InChI=1S/C13H17BrO/c1-7-6-8(2)10(4)12(9(7)3)13(15)11(5)14/h6,11H,1-5H3. The van der Waals surface area contributed by atoms with Gasteiger partial charge in [0.05, 0.1) is 4.83 Å². The second-order valence-corrected chi connectivity index (χ2v) is 5.49. The second kappa shape index (κ2) is 4.48. The quantitative estimate of drug-likeness (QED) is 0.588. The third-order valence-electron chi connectivity index (χ3n) is 2.97. The number of halogens is 1. The van der Waals surface area contributed by atoms with E-state index >= 15 is 0 Å². The molecule has 0 radical (unpaired) electrons. The molecule has 82 valence electrons. The Morgan fingerprint density at radius 2 is 1.53 bits per heavy atom. The Balaban J connectivity index is 3.46. The van der Waals surface area contributed by atoms with Crippen molar-refractivity contribution in [1.29, 1.82) is 0 Å². The first-order valence-corrected chi connectivity index (χ1v) is 6.03. The lowest BCUT2D eigenvalue weighted by atomic mass is 9.91. The molecule has 1 atom stereocenters. The molecule has 0 bridgehead atoms. The van der Waals surface area contributed by atoms with Gasteiger partial charge in [-0.3, -0.25) is 4.79 Å². The van der Waals surface area contributed by atoms with Gasteiger partial charge < -0.3 is 0 Å². The number of aryl methyl sites for hydroxylation is 2. The maximum Gasteiger partial charge on any atom is 0.176 e. The predicted molar refractivity (Wildman–Crippen MR) is 68.1 cm³/mol. The van der Waals surface area contributed by atoms with Crippen LogP contribution in [0.15, 0.2) is 6.07 Å². The highest BCUT2D eigenvalue weighted by Crippen LogP contribution is 2.24. The summed E-state index contributed by atoms with van der Waals surface area (Å²) in [5.74, 6) is 0.178. The zero-order valence-corrected chi connectivity index (χ0v) is 11.5. The van der Waals surface area contributed by atoms with Crippen LogP contribution in [0.1, 0.15) is 39.5 Å². The monoisotopic (exact) mass is 268 g/mol. The minimum atomic E-state index is -0.115. The van der Waals surface area contributed by atoms with Crippen LogP contribution in [-0.2, 0) is 0 Å². The van der Waals surface area contributed by atoms with E-state index in [0.717, 1.165) is 16.7 Å². The summed E-state index contributed by atoms with van der Waals surface area (Å²) in [6.45, 7) is 10.0. The lowest BCUT2D eigenvalue weighted by Crippen LogP contribution is -2.15. The molecule has 0 amide bonds. The fourth-order valence-corrected chi connectivity index (χ4v) is 2.01. The minimum absolute atomic E-state index is 0.115. The smallest absolute Gasteiger partial charge is 0.176 e. The van der Waals surface area contributed by atoms with Crippen molar-refractivity contribution in [2.24, 2.45) is 0 Å². The summed E-state index contributed by atoms with van der Waals surface area (Å²) in [5, 5.41) is 0. The van der Waals surface area contributed by atoms with E-state index in [4.69, 9.17) is 0 Å². The van der Waals surface area contributed by atoms with Crippen LogP contribution in [-0.4, -0.2) is 10.6 Å². The molecule has 1 unspecified atom stereocenters. The number of hydrogen-bond acceptors (Lipinski definition) is 1. The molecule has 0 saturated carbocycles. The third kappa shape index (κ3) is 2.31. The van der Waals surface area contributed by atoms with Crippen LogP contribution in [0.5, 0.6) is 0 Å². The summed E-state index contributed by atoms with van der Waals surface area (Å²) < 4.78 is 0. The Labute approximate surface area is 100 Å². The largest absolute Gasteiger partial charge is 0.293 e. The molecule has 1 aromatic carbocycles. The highest BCUT2D eigenvalue weighted by Gasteiger charge is 2.18. The van der Waals surface area contributed by atoms with Crippen molar-refractivity contribution in [2.45, 2.75) is 39.4 Å². The van der Waals surface area contributed by atoms with Crippen molar-refractivity contribution in [3.63, 3.8) is 0 Å². The van der Waals surface area contributed by atoms with Gasteiger partial charge in [-0.05, 0) is 56.9 Å². The van der Waals surface area contributed by atoms with Crippen LogP contribution in [0.3, 0.4) is 0 Å². The number of carbonyl (C=O) groups excluding carboxylic acids is 1. The molecular formula is C13H17BrO. The third-order valence-corrected chi connectivity index (χ3v) is 3.39. The average Bonchev–Trinajstić information content (AvgIpc) is 2.15. The topological polar surface area (TPSA) is 17.1 Å². The second-order valence-electron chi connectivity index (χ2n) is 4.12. The van der Waals surface area contributed by atoms with Gasteiger partial charge in [-0.1, -0.05) is 22.0 Å². The Morgan fingerprint density at radius 3 is 1.87 bits per heavy atom. The Morgan fingerprint density at radius 1 is 1.13 bits per heavy atom. The molecule has 1 aromatic rings.